The predicted molar refractivity (Wildman–Crippen MR) is 68.3 cm³/mol. The van der Waals surface area contributed by atoms with E-state index >= 15 is 0 Å². The molecule has 0 spiro atoms. The number of benzene rings is 1. The third-order valence-electron chi connectivity index (χ3n) is 3.11. The molecule has 1 aromatic carbocycles. The van der Waals surface area contributed by atoms with Crippen LogP contribution in [-0.2, 0) is 11.2 Å². The second-order valence-electron chi connectivity index (χ2n) is 4.35. The van der Waals surface area contributed by atoms with Crippen molar-refractivity contribution < 1.29 is 19.3 Å². The lowest BCUT2D eigenvalue weighted by Gasteiger charge is -2.24. The SMILES string of the molecule is COc1c(CCO)cccc1OC1CCOCC1. The zero-order chi connectivity index (χ0) is 12.8. The number of ether oxygens (including phenoxy) is 3. The van der Waals surface area contributed by atoms with Crippen LogP contribution in [0.3, 0.4) is 0 Å². The molecule has 4 nitrogen and oxygen atoms in total. The molecular formula is C14H20O4. The van der Waals surface area contributed by atoms with Crippen LogP contribution in [0.15, 0.2) is 18.2 Å². The molecule has 4 heteroatoms. The third-order valence-corrected chi connectivity index (χ3v) is 3.11. The molecule has 18 heavy (non-hydrogen) atoms. The van der Waals surface area contributed by atoms with Gasteiger partial charge in [-0.2, -0.15) is 0 Å². The monoisotopic (exact) mass is 252 g/mol. The Morgan fingerprint density at radius 1 is 1.33 bits per heavy atom. The maximum absolute atomic E-state index is 9.04. The van der Waals surface area contributed by atoms with Crippen molar-refractivity contribution in [3.05, 3.63) is 23.8 Å². The summed E-state index contributed by atoms with van der Waals surface area (Å²) in [6.45, 7) is 1.61. The standard InChI is InChI=1S/C14H20O4/c1-16-14-11(5-8-15)3-2-4-13(14)18-12-6-9-17-10-7-12/h2-4,12,15H,5-10H2,1H3. The average Bonchev–Trinajstić information content (AvgIpc) is 2.41. The normalized spacial score (nSPS) is 16.6. The maximum atomic E-state index is 9.04. The number of para-hydroxylation sites is 1. The molecule has 2 rings (SSSR count). The molecule has 0 aliphatic carbocycles. The molecule has 0 bridgehead atoms. The smallest absolute Gasteiger partial charge is 0.164 e. The lowest BCUT2D eigenvalue weighted by molar-refractivity contribution is 0.0245. The van der Waals surface area contributed by atoms with Crippen LogP contribution in [-0.4, -0.2) is 38.1 Å². The van der Waals surface area contributed by atoms with E-state index in [0.29, 0.717) is 6.42 Å². The van der Waals surface area contributed by atoms with E-state index in [9.17, 15) is 0 Å². The lowest BCUT2D eigenvalue weighted by Crippen LogP contribution is -2.26. The highest BCUT2D eigenvalue weighted by Crippen LogP contribution is 2.33. The van der Waals surface area contributed by atoms with E-state index in [2.05, 4.69) is 0 Å². The van der Waals surface area contributed by atoms with Gasteiger partial charge in [0.05, 0.1) is 20.3 Å². The van der Waals surface area contributed by atoms with Crippen LogP contribution in [0.25, 0.3) is 0 Å². The van der Waals surface area contributed by atoms with Gasteiger partial charge in [0.15, 0.2) is 11.5 Å². The van der Waals surface area contributed by atoms with Gasteiger partial charge in [0.1, 0.15) is 6.10 Å². The van der Waals surface area contributed by atoms with Crippen molar-refractivity contribution in [1.29, 1.82) is 0 Å². The molecule has 1 aliphatic heterocycles. The van der Waals surface area contributed by atoms with Crippen LogP contribution in [0.1, 0.15) is 18.4 Å². The number of aliphatic hydroxyl groups is 1. The lowest BCUT2D eigenvalue weighted by atomic mass is 10.1. The second-order valence-corrected chi connectivity index (χ2v) is 4.35. The van der Waals surface area contributed by atoms with Gasteiger partial charge in [0.2, 0.25) is 0 Å². The highest BCUT2D eigenvalue weighted by Gasteiger charge is 2.18. The van der Waals surface area contributed by atoms with Crippen molar-refractivity contribution in [1.82, 2.24) is 0 Å². The fraction of sp³-hybridized carbons (Fsp3) is 0.571. The molecule has 1 fully saturated rings. The Labute approximate surface area is 107 Å². The molecule has 0 unspecified atom stereocenters. The minimum Gasteiger partial charge on any atom is -0.493 e. The molecule has 100 valence electrons. The Hall–Kier alpha value is -1.26. The number of hydrogen-bond acceptors (Lipinski definition) is 4. The van der Waals surface area contributed by atoms with Gasteiger partial charge in [-0.05, 0) is 12.5 Å². The molecule has 0 amide bonds. The first kappa shape index (κ1) is 13.2. The maximum Gasteiger partial charge on any atom is 0.164 e. The van der Waals surface area contributed by atoms with Gasteiger partial charge in [-0.25, -0.2) is 0 Å². The van der Waals surface area contributed by atoms with Crippen molar-refractivity contribution in [3.63, 3.8) is 0 Å². The Kier molecular flexibility index (Phi) is 4.84. The summed E-state index contributed by atoms with van der Waals surface area (Å²) in [5.41, 5.74) is 0.976. The first-order valence-corrected chi connectivity index (χ1v) is 6.36. The molecule has 1 aliphatic rings. The van der Waals surface area contributed by atoms with Crippen LogP contribution in [0.5, 0.6) is 11.5 Å². The second kappa shape index (κ2) is 6.61. The Morgan fingerprint density at radius 2 is 2.11 bits per heavy atom. The molecular weight excluding hydrogens is 232 g/mol. The van der Waals surface area contributed by atoms with Crippen LogP contribution in [0, 0.1) is 0 Å². The van der Waals surface area contributed by atoms with E-state index in [4.69, 9.17) is 19.3 Å². The van der Waals surface area contributed by atoms with Crippen LogP contribution >= 0.6 is 0 Å². The van der Waals surface area contributed by atoms with E-state index < -0.39 is 0 Å². The molecule has 0 saturated carbocycles. The van der Waals surface area contributed by atoms with E-state index in [1.807, 2.05) is 18.2 Å². The molecule has 0 aromatic heterocycles. The summed E-state index contributed by atoms with van der Waals surface area (Å²) in [6, 6.07) is 5.79. The fourth-order valence-electron chi connectivity index (χ4n) is 2.18. The third kappa shape index (κ3) is 3.15. The minimum absolute atomic E-state index is 0.108. The van der Waals surface area contributed by atoms with Crippen molar-refractivity contribution in [2.75, 3.05) is 26.9 Å². The molecule has 1 N–H and O–H groups in total. The van der Waals surface area contributed by atoms with Gasteiger partial charge >= 0.3 is 0 Å². The van der Waals surface area contributed by atoms with E-state index in [-0.39, 0.29) is 12.7 Å². The zero-order valence-electron chi connectivity index (χ0n) is 10.7. The fourth-order valence-corrected chi connectivity index (χ4v) is 2.18. The predicted octanol–water partition coefficient (Wildman–Crippen LogP) is 1.79. The summed E-state index contributed by atoms with van der Waals surface area (Å²) in [7, 11) is 1.63. The molecule has 0 atom stereocenters. The quantitative estimate of drug-likeness (QED) is 0.868. The molecule has 1 heterocycles. The topological polar surface area (TPSA) is 47.9 Å². The van der Waals surface area contributed by atoms with Gasteiger partial charge in [-0.15, -0.1) is 0 Å². The zero-order valence-corrected chi connectivity index (χ0v) is 10.7. The number of aliphatic hydroxyl groups excluding tert-OH is 1. The van der Waals surface area contributed by atoms with E-state index in [0.717, 1.165) is 43.1 Å². The first-order valence-electron chi connectivity index (χ1n) is 6.36. The van der Waals surface area contributed by atoms with Crippen molar-refractivity contribution >= 4 is 0 Å². The number of hydrogen-bond donors (Lipinski definition) is 1. The van der Waals surface area contributed by atoms with Gasteiger partial charge < -0.3 is 19.3 Å². The highest BCUT2D eigenvalue weighted by atomic mass is 16.5. The van der Waals surface area contributed by atoms with Crippen molar-refractivity contribution in [3.8, 4) is 11.5 Å². The highest BCUT2D eigenvalue weighted by molar-refractivity contribution is 5.46. The summed E-state index contributed by atoms with van der Waals surface area (Å²) in [5.74, 6) is 1.49. The number of rotatable bonds is 5. The summed E-state index contributed by atoms with van der Waals surface area (Å²) in [6.07, 6.45) is 2.59. The van der Waals surface area contributed by atoms with Crippen LogP contribution < -0.4 is 9.47 Å². The Balaban J connectivity index is 2.12. The van der Waals surface area contributed by atoms with Gasteiger partial charge in [0.25, 0.3) is 0 Å². The summed E-state index contributed by atoms with van der Waals surface area (Å²) in [5, 5.41) is 9.04. The summed E-state index contributed by atoms with van der Waals surface area (Å²) >= 11 is 0. The Bertz CT molecular complexity index is 372. The molecule has 0 radical (unpaired) electrons. The van der Waals surface area contributed by atoms with Gasteiger partial charge in [-0.1, -0.05) is 12.1 Å². The largest absolute Gasteiger partial charge is 0.493 e. The minimum atomic E-state index is 0.108. The Morgan fingerprint density at radius 3 is 2.78 bits per heavy atom. The number of methoxy groups -OCH3 is 1. The first-order chi connectivity index (χ1) is 8.85. The van der Waals surface area contributed by atoms with Crippen molar-refractivity contribution in [2.24, 2.45) is 0 Å². The summed E-state index contributed by atoms with van der Waals surface area (Å²) in [4.78, 5) is 0. The average molecular weight is 252 g/mol. The molecule has 1 aromatic rings. The van der Waals surface area contributed by atoms with E-state index in [1.54, 1.807) is 7.11 Å². The van der Waals surface area contributed by atoms with Gasteiger partial charge in [0, 0.05) is 25.0 Å². The van der Waals surface area contributed by atoms with Gasteiger partial charge in [-0.3, -0.25) is 0 Å². The summed E-state index contributed by atoms with van der Waals surface area (Å²) < 4.78 is 16.7. The van der Waals surface area contributed by atoms with Crippen LogP contribution in [0.4, 0.5) is 0 Å². The molecule has 1 saturated heterocycles. The van der Waals surface area contributed by atoms with Crippen LogP contribution in [0.2, 0.25) is 0 Å². The van der Waals surface area contributed by atoms with Crippen molar-refractivity contribution in [2.45, 2.75) is 25.4 Å². The van der Waals surface area contributed by atoms with E-state index in [1.165, 1.54) is 0 Å².